The van der Waals surface area contributed by atoms with Gasteiger partial charge in [0.15, 0.2) is 17.5 Å². The average molecular weight is 1300 g/mol. The van der Waals surface area contributed by atoms with Gasteiger partial charge in [-0.3, -0.25) is 28.1 Å². The van der Waals surface area contributed by atoms with Gasteiger partial charge < -0.3 is 16.0 Å². The van der Waals surface area contributed by atoms with Gasteiger partial charge in [0, 0.05) is 169 Å². The lowest BCUT2D eigenvalue weighted by Gasteiger charge is -2.35. The molecule has 0 atom stereocenters. The Hall–Kier alpha value is -10.7. The molecule has 3 aliphatic carbocycles. The zero-order chi connectivity index (χ0) is 66.1. The van der Waals surface area contributed by atoms with E-state index in [2.05, 4.69) is 67.6 Å². The van der Waals surface area contributed by atoms with Gasteiger partial charge in [0.2, 0.25) is 5.92 Å². The molecule has 3 saturated carbocycles. The summed E-state index contributed by atoms with van der Waals surface area (Å²) in [5.41, 5.74) is 13.4. The molecule has 3 aliphatic rings. The fourth-order valence-electron chi connectivity index (χ4n) is 11.6. The zero-order valence-electron chi connectivity index (χ0n) is 53.3. The van der Waals surface area contributed by atoms with E-state index in [-0.39, 0.29) is 36.1 Å². The monoisotopic (exact) mass is 1300 g/mol. The van der Waals surface area contributed by atoms with Crippen LogP contribution in [0, 0.1) is 5.92 Å². The number of nitrogens with zero attached hydrogens (tertiary/aromatic N) is 18. The Balaban J connectivity index is 0.000000129. The number of hydrogen-bond donors (Lipinski definition) is 3. The van der Waals surface area contributed by atoms with Crippen LogP contribution in [-0.2, 0) is 52.1 Å². The highest BCUT2D eigenvalue weighted by molar-refractivity contribution is 7.91. The third-order valence-electron chi connectivity index (χ3n) is 17.0. The highest BCUT2D eigenvalue weighted by Crippen LogP contribution is 2.43. The summed E-state index contributed by atoms with van der Waals surface area (Å²) in [5.74, 6) is 1.06. The number of halogens is 3. The molecule has 12 aromatic rings. The molecule has 0 radical (unpaired) electrons. The van der Waals surface area contributed by atoms with Gasteiger partial charge in [-0.25, -0.2) is 51.5 Å². The lowest BCUT2D eigenvalue weighted by atomic mass is 9.81. The van der Waals surface area contributed by atoms with Crippen molar-refractivity contribution in [3.8, 4) is 101 Å². The molecule has 23 nitrogen and oxygen atoms in total. The van der Waals surface area contributed by atoms with E-state index in [0.29, 0.717) is 67.2 Å². The molecule has 0 saturated heterocycles. The van der Waals surface area contributed by atoms with Crippen LogP contribution in [0.3, 0.4) is 0 Å². The highest BCUT2D eigenvalue weighted by Gasteiger charge is 2.45. The minimum atomic E-state index is -3.03. The molecule has 9 aromatic heterocycles. The van der Waals surface area contributed by atoms with Gasteiger partial charge >= 0.3 is 0 Å². The molecule has 0 amide bonds. The number of anilines is 3. The quantitative estimate of drug-likeness (QED) is 0.0766. The van der Waals surface area contributed by atoms with Gasteiger partial charge in [-0.1, -0.05) is 54.6 Å². The molecular formula is C68H70F3N21O2S. The second kappa shape index (κ2) is 26.4. The first-order valence-electron chi connectivity index (χ1n) is 31.0. The molecule has 486 valence electrons. The van der Waals surface area contributed by atoms with Crippen molar-refractivity contribution in [1.29, 1.82) is 0 Å². The van der Waals surface area contributed by atoms with Crippen molar-refractivity contribution in [1.82, 2.24) is 88.6 Å². The molecule has 0 aliphatic heterocycles. The third-order valence-corrected chi connectivity index (χ3v) is 18.6. The Bertz CT molecular complexity index is 4820. The summed E-state index contributed by atoms with van der Waals surface area (Å²) in [6, 6.07) is 29.8. The van der Waals surface area contributed by atoms with Gasteiger partial charge in [-0.05, 0) is 84.7 Å². The van der Waals surface area contributed by atoms with Gasteiger partial charge in [0.05, 0.1) is 57.6 Å². The van der Waals surface area contributed by atoms with E-state index >= 15 is 0 Å². The largest absolute Gasteiger partial charge is 0.369 e. The van der Waals surface area contributed by atoms with Gasteiger partial charge in [-0.2, -0.15) is 30.6 Å². The Morgan fingerprint density at radius 1 is 0.474 bits per heavy atom. The number of hydrogen-bond acceptors (Lipinski definition) is 17. The van der Waals surface area contributed by atoms with Crippen LogP contribution < -0.4 is 16.0 Å². The smallest absolute Gasteiger partial charge is 0.248 e. The number of sulfone groups is 1. The number of aryl methyl sites for hydroxylation is 6. The molecule has 3 N–H and O–H groups in total. The van der Waals surface area contributed by atoms with Crippen molar-refractivity contribution < 1.29 is 21.6 Å². The van der Waals surface area contributed by atoms with E-state index in [1.54, 1.807) is 46.7 Å². The SMILES string of the molecule is Cn1cc(-c2cccc(-c3ncc(-c4ccn(C)n4)c(NC4CC(F)C4)n3)c2)cn1.Cn1cc(-c2cccc(-c3ncc(-c4ccn(C)n4)c(NC4CC(S(C)(=O)=O)C4)n3)c2)cn1.Cn1cc(-c2cccc(-c3ncc(-c4ccn(C)n4)c(NCC4CC(F)(F)C4)n3)c2)cn1. The van der Waals surface area contributed by atoms with Crippen LogP contribution in [0.15, 0.2) is 165 Å². The van der Waals surface area contributed by atoms with Crippen molar-refractivity contribution in [2.24, 2.45) is 48.2 Å². The predicted molar refractivity (Wildman–Crippen MR) is 359 cm³/mol. The summed E-state index contributed by atoms with van der Waals surface area (Å²) in [6.45, 7) is 0.432. The van der Waals surface area contributed by atoms with E-state index in [1.165, 1.54) is 6.26 Å². The van der Waals surface area contributed by atoms with E-state index < -0.39 is 21.9 Å². The lowest BCUT2D eigenvalue weighted by Crippen LogP contribution is -2.43. The van der Waals surface area contributed by atoms with Crippen LogP contribution in [0.2, 0.25) is 0 Å². The molecule has 15 rings (SSSR count). The van der Waals surface area contributed by atoms with Crippen molar-refractivity contribution in [3.63, 3.8) is 0 Å². The van der Waals surface area contributed by atoms with Crippen molar-refractivity contribution >= 4 is 27.3 Å². The number of alkyl halides is 3. The van der Waals surface area contributed by atoms with Crippen LogP contribution in [-0.4, -0.2) is 139 Å². The fraction of sp³-hybridized carbons (Fsp3) is 0.294. The second-order valence-electron chi connectivity index (χ2n) is 24.6. The van der Waals surface area contributed by atoms with Crippen LogP contribution in [0.5, 0.6) is 0 Å². The molecule has 3 aromatic carbocycles. The lowest BCUT2D eigenvalue weighted by molar-refractivity contribution is -0.106. The van der Waals surface area contributed by atoms with Gasteiger partial charge in [0.1, 0.15) is 33.5 Å². The van der Waals surface area contributed by atoms with E-state index in [1.807, 2.05) is 183 Å². The molecule has 3 fully saturated rings. The predicted octanol–water partition coefficient (Wildman–Crippen LogP) is 11.2. The molecule has 27 heteroatoms. The molecule has 0 spiro atoms. The summed E-state index contributed by atoms with van der Waals surface area (Å²) in [6.07, 6.45) is 24.7. The highest BCUT2D eigenvalue weighted by atomic mass is 32.2. The number of rotatable bonds is 17. The van der Waals surface area contributed by atoms with E-state index in [0.717, 1.165) is 83.8 Å². The fourth-order valence-corrected chi connectivity index (χ4v) is 12.8. The topological polar surface area (TPSA) is 254 Å². The minimum Gasteiger partial charge on any atom is -0.369 e. The van der Waals surface area contributed by atoms with E-state index in [9.17, 15) is 21.6 Å². The number of benzene rings is 3. The standard InChI is InChI=1S/C23H23F2N7.C23H25N7O2S.C22H22FN7/c1-31-7-6-20(30-31)19-13-27-21(29-22(19)26-11-15-9-23(24,25)10-15)17-5-3-4-16(8-17)18-12-28-32(2)14-18;1-29-8-7-21(28-29)20-13-24-22(27-23(20)26-18-10-19(11-18)33(3,31)32)16-6-4-5-15(9-16)17-12-25-30(2)14-17;1-29-7-6-20(28-29)19-12-24-21(27-22(19)26-18-9-17(23)10-18)15-5-3-4-14(8-15)16-11-25-30(2)13-16/h3-8,12-15H,9-11H2,1-2H3,(H,26,27,29);4-9,12-14,18-19H,10-11H2,1-3H3,(H,24,26,27);3-8,11-13,17-18H,9-10H2,1-2H3,(H,24,26,27). The third kappa shape index (κ3) is 14.7. The number of aromatic nitrogens is 18. The van der Waals surface area contributed by atoms with Gasteiger partial charge in [-0.15, -0.1) is 0 Å². The molecule has 9 heterocycles. The first-order valence-corrected chi connectivity index (χ1v) is 33.0. The van der Waals surface area contributed by atoms with Gasteiger partial charge in [0.25, 0.3) is 0 Å². The summed E-state index contributed by atoms with van der Waals surface area (Å²) >= 11 is 0. The maximum absolute atomic E-state index is 13.4. The summed E-state index contributed by atoms with van der Waals surface area (Å²) in [4.78, 5) is 28.2. The maximum Gasteiger partial charge on any atom is 0.248 e. The Morgan fingerprint density at radius 2 is 0.832 bits per heavy atom. The first kappa shape index (κ1) is 63.1. The normalized spacial score (nSPS) is 17.3. The first-order chi connectivity index (χ1) is 45.7. The average Bonchev–Trinajstić information content (AvgIpc) is 1.69. The molecule has 0 unspecified atom stereocenters. The Morgan fingerprint density at radius 3 is 1.16 bits per heavy atom. The number of nitrogens with one attached hydrogen (secondary N) is 3. The molecule has 0 bridgehead atoms. The van der Waals surface area contributed by atoms with Crippen molar-refractivity contribution in [2.45, 2.75) is 68.0 Å². The summed E-state index contributed by atoms with van der Waals surface area (Å²) < 4.78 is 74.0. The summed E-state index contributed by atoms with van der Waals surface area (Å²) in [5, 5.41) is 36.0. The van der Waals surface area contributed by atoms with Crippen LogP contribution in [0.4, 0.5) is 30.6 Å². The van der Waals surface area contributed by atoms with Crippen LogP contribution >= 0.6 is 0 Å². The van der Waals surface area contributed by atoms with Crippen LogP contribution in [0.1, 0.15) is 38.5 Å². The second-order valence-corrected chi connectivity index (χ2v) is 27.0. The molecule has 95 heavy (non-hydrogen) atoms. The van der Waals surface area contributed by atoms with Crippen LogP contribution in [0.25, 0.3) is 101 Å². The zero-order valence-corrected chi connectivity index (χ0v) is 54.1. The Labute approximate surface area is 546 Å². The van der Waals surface area contributed by atoms with Crippen molar-refractivity contribution in [2.75, 3.05) is 28.8 Å². The van der Waals surface area contributed by atoms with Crippen molar-refractivity contribution in [3.05, 3.63) is 165 Å². The molecular weight excluding hydrogens is 1230 g/mol. The van der Waals surface area contributed by atoms with E-state index in [4.69, 9.17) is 15.0 Å². The Kier molecular flexibility index (Phi) is 17.5. The summed E-state index contributed by atoms with van der Waals surface area (Å²) in [7, 11) is 8.21. The minimum absolute atomic E-state index is 0.0386. The maximum atomic E-state index is 13.4.